The topological polar surface area (TPSA) is 40.5 Å². The van der Waals surface area contributed by atoms with Crippen molar-refractivity contribution in [3.63, 3.8) is 0 Å². The highest BCUT2D eigenvalue weighted by Crippen LogP contribution is 2.34. The summed E-state index contributed by atoms with van der Waals surface area (Å²) in [4.78, 5) is 15.0. The van der Waals surface area contributed by atoms with Crippen LogP contribution in [0.3, 0.4) is 0 Å². The summed E-state index contributed by atoms with van der Waals surface area (Å²) in [5.74, 6) is -0.654. The van der Waals surface area contributed by atoms with Crippen molar-refractivity contribution in [3.05, 3.63) is 57.0 Å². The summed E-state index contributed by atoms with van der Waals surface area (Å²) in [6.45, 7) is 5.87. The van der Waals surface area contributed by atoms with Gasteiger partial charge in [-0.05, 0) is 55.5 Å². The van der Waals surface area contributed by atoms with Crippen LogP contribution in [-0.4, -0.2) is 28.6 Å². The van der Waals surface area contributed by atoms with Crippen LogP contribution in [0.15, 0.2) is 30.3 Å². The smallest absolute Gasteiger partial charge is 0.345 e. The van der Waals surface area contributed by atoms with Crippen molar-refractivity contribution in [3.8, 4) is 0 Å². The van der Waals surface area contributed by atoms with Crippen molar-refractivity contribution >= 4 is 17.3 Å². The molecule has 1 aliphatic heterocycles. The molecule has 1 fully saturated rings. The maximum atomic E-state index is 13.1. The highest BCUT2D eigenvalue weighted by Gasteiger charge is 2.30. The van der Waals surface area contributed by atoms with Gasteiger partial charge >= 0.3 is 5.97 Å². The Balaban J connectivity index is 1.72. The van der Waals surface area contributed by atoms with Crippen LogP contribution in [0.2, 0.25) is 0 Å². The van der Waals surface area contributed by atoms with E-state index in [1.165, 1.54) is 29.0 Å². The standard InChI is InChI=1S/C18H20FNO2S/c1-11-7-15(13-3-5-16(19)6-4-13)10-20(11)9-14-8-17(18(21)22)23-12(14)2/h3-6,8,11,15H,7,9-10H2,1-2H3,(H,21,22)/t11-,15-/m1/s1. The molecule has 0 spiro atoms. The third-order valence-electron chi connectivity index (χ3n) is 4.65. The van der Waals surface area contributed by atoms with Gasteiger partial charge in [0, 0.05) is 24.0 Å². The van der Waals surface area contributed by atoms with E-state index in [-0.39, 0.29) is 5.82 Å². The Morgan fingerprint density at radius 2 is 2.09 bits per heavy atom. The molecule has 0 aliphatic carbocycles. The van der Waals surface area contributed by atoms with Crippen LogP contribution >= 0.6 is 11.3 Å². The van der Waals surface area contributed by atoms with Crippen molar-refractivity contribution in [1.29, 1.82) is 0 Å². The lowest BCUT2D eigenvalue weighted by atomic mass is 9.97. The van der Waals surface area contributed by atoms with Gasteiger partial charge in [-0.1, -0.05) is 12.1 Å². The number of rotatable bonds is 4. The van der Waals surface area contributed by atoms with Gasteiger partial charge in [0.2, 0.25) is 0 Å². The zero-order chi connectivity index (χ0) is 16.6. The Labute approximate surface area is 139 Å². The number of nitrogens with zero attached hydrogens (tertiary/aromatic N) is 1. The third kappa shape index (κ3) is 3.46. The van der Waals surface area contributed by atoms with Crippen LogP contribution in [-0.2, 0) is 6.54 Å². The van der Waals surface area contributed by atoms with Crippen molar-refractivity contribution in [2.45, 2.75) is 38.8 Å². The SMILES string of the molecule is Cc1sc(C(=O)O)cc1CN1C[C@H](c2ccc(F)cc2)C[C@H]1C. The number of hydrogen-bond donors (Lipinski definition) is 1. The van der Waals surface area contributed by atoms with Crippen LogP contribution in [0.4, 0.5) is 4.39 Å². The van der Waals surface area contributed by atoms with E-state index in [2.05, 4.69) is 11.8 Å². The van der Waals surface area contributed by atoms with E-state index in [1.54, 1.807) is 6.07 Å². The number of hydrogen-bond acceptors (Lipinski definition) is 3. The zero-order valence-corrected chi connectivity index (χ0v) is 14.1. The van der Waals surface area contributed by atoms with Gasteiger partial charge in [0.1, 0.15) is 10.7 Å². The summed E-state index contributed by atoms with van der Waals surface area (Å²) in [6.07, 6.45) is 1.04. The molecule has 3 nitrogen and oxygen atoms in total. The molecule has 1 aliphatic rings. The van der Waals surface area contributed by atoms with Gasteiger partial charge in [0.25, 0.3) is 0 Å². The first-order valence-corrected chi connectivity index (χ1v) is 8.58. The van der Waals surface area contributed by atoms with Crippen molar-refractivity contribution < 1.29 is 14.3 Å². The summed E-state index contributed by atoms with van der Waals surface area (Å²) in [5.41, 5.74) is 2.27. The molecule has 0 bridgehead atoms. The second-order valence-corrected chi connectivity index (χ2v) is 7.52. The molecule has 5 heteroatoms. The Kier molecular flexibility index (Phi) is 4.50. The Morgan fingerprint density at radius 3 is 2.70 bits per heavy atom. The summed E-state index contributed by atoms with van der Waals surface area (Å²) in [6, 6.07) is 9.00. The molecule has 3 rings (SSSR count). The number of benzene rings is 1. The molecule has 0 saturated carbocycles. The zero-order valence-electron chi connectivity index (χ0n) is 13.3. The molecule has 1 aromatic carbocycles. The summed E-state index contributed by atoms with van der Waals surface area (Å²) in [5, 5.41) is 9.11. The fourth-order valence-electron chi connectivity index (χ4n) is 3.30. The minimum absolute atomic E-state index is 0.202. The van der Waals surface area contributed by atoms with Gasteiger partial charge in [0.05, 0.1) is 0 Å². The molecule has 1 N–H and O–H groups in total. The Hall–Kier alpha value is -1.72. The average molecular weight is 333 g/mol. The largest absolute Gasteiger partial charge is 0.477 e. The third-order valence-corrected chi connectivity index (χ3v) is 5.73. The van der Waals surface area contributed by atoms with Crippen LogP contribution in [0.1, 0.15) is 44.9 Å². The number of carboxylic acids is 1. The van der Waals surface area contributed by atoms with Crippen LogP contribution in [0, 0.1) is 12.7 Å². The van der Waals surface area contributed by atoms with Gasteiger partial charge < -0.3 is 5.11 Å². The van der Waals surface area contributed by atoms with E-state index in [1.807, 2.05) is 19.1 Å². The highest BCUT2D eigenvalue weighted by atomic mass is 32.1. The molecule has 1 saturated heterocycles. The summed E-state index contributed by atoms with van der Waals surface area (Å²) >= 11 is 1.34. The van der Waals surface area contributed by atoms with Crippen molar-refractivity contribution in [1.82, 2.24) is 4.90 Å². The summed E-state index contributed by atoms with van der Waals surface area (Å²) < 4.78 is 13.1. The van der Waals surface area contributed by atoms with E-state index in [0.29, 0.717) is 16.8 Å². The molecule has 23 heavy (non-hydrogen) atoms. The second kappa shape index (κ2) is 6.42. The monoisotopic (exact) mass is 333 g/mol. The number of likely N-dealkylation sites (tertiary alicyclic amines) is 1. The molecule has 2 aromatic rings. The second-order valence-electron chi connectivity index (χ2n) is 6.26. The number of carboxylic acid groups (broad SMARTS) is 1. The minimum atomic E-state index is -0.858. The average Bonchev–Trinajstić information content (AvgIpc) is 3.05. The molecule has 0 radical (unpaired) electrons. The molecule has 0 unspecified atom stereocenters. The normalized spacial score (nSPS) is 21.7. The summed E-state index contributed by atoms with van der Waals surface area (Å²) in [7, 11) is 0. The lowest BCUT2D eigenvalue weighted by Crippen LogP contribution is -2.26. The van der Waals surface area contributed by atoms with Gasteiger partial charge in [0.15, 0.2) is 0 Å². The number of thiophene rings is 1. The first kappa shape index (κ1) is 16.1. The lowest BCUT2D eigenvalue weighted by molar-refractivity contribution is 0.0702. The minimum Gasteiger partial charge on any atom is -0.477 e. The predicted molar refractivity (Wildman–Crippen MR) is 89.6 cm³/mol. The number of halogens is 1. The molecular weight excluding hydrogens is 313 g/mol. The first-order valence-electron chi connectivity index (χ1n) is 7.76. The maximum absolute atomic E-state index is 13.1. The molecule has 1 aromatic heterocycles. The van der Waals surface area contributed by atoms with Gasteiger partial charge in [-0.25, -0.2) is 9.18 Å². The molecule has 0 amide bonds. The Bertz CT molecular complexity index is 710. The molecule has 2 heterocycles. The van der Waals surface area contributed by atoms with E-state index in [0.717, 1.165) is 30.0 Å². The number of carbonyl (C=O) groups is 1. The molecular formula is C18H20FNO2S. The van der Waals surface area contributed by atoms with Gasteiger partial charge in [-0.2, -0.15) is 0 Å². The van der Waals surface area contributed by atoms with Crippen LogP contribution in [0.25, 0.3) is 0 Å². The van der Waals surface area contributed by atoms with Gasteiger partial charge in [-0.15, -0.1) is 11.3 Å². The lowest BCUT2D eigenvalue weighted by Gasteiger charge is -2.20. The van der Waals surface area contributed by atoms with E-state index in [9.17, 15) is 9.18 Å². The fraction of sp³-hybridized carbons (Fsp3) is 0.389. The number of aryl methyl sites for hydroxylation is 1. The van der Waals surface area contributed by atoms with E-state index in [4.69, 9.17) is 5.11 Å². The maximum Gasteiger partial charge on any atom is 0.345 e. The van der Waals surface area contributed by atoms with Crippen molar-refractivity contribution in [2.75, 3.05) is 6.54 Å². The highest BCUT2D eigenvalue weighted by molar-refractivity contribution is 7.14. The Morgan fingerprint density at radius 1 is 1.39 bits per heavy atom. The number of aromatic carboxylic acids is 1. The van der Waals surface area contributed by atoms with Gasteiger partial charge in [-0.3, -0.25) is 4.90 Å². The van der Waals surface area contributed by atoms with E-state index < -0.39 is 5.97 Å². The predicted octanol–water partition coefficient (Wildman–Crippen LogP) is 4.27. The molecule has 122 valence electrons. The first-order chi connectivity index (χ1) is 10.9. The quantitative estimate of drug-likeness (QED) is 0.908. The van der Waals surface area contributed by atoms with Crippen LogP contribution in [0.5, 0.6) is 0 Å². The molecule has 2 atom stereocenters. The van der Waals surface area contributed by atoms with Crippen LogP contribution < -0.4 is 0 Å². The fourth-order valence-corrected chi connectivity index (χ4v) is 4.17. The van der Waals surface area contributed by atoms with Crippen molar-refractivity contribution in [2.24, 2.45) is 0 Å². The van der Waals surface area contributed by atoms with E-state index >= 15 is 0 Å².